The van der Waals surface area contributed by atoms with E-state index in [1.54, 1.807) is 30.3 Å². The van der Waals surface area contributed by atoms with E-state index in [1.807, 2.05) is 0 Å². The molecule has 0 bridgehead atoms. The van der Waals surface area contributed by atoms with Crippen molar-refractivity contribution in [3.05, 3.63) is 76.8 Å². The normalized spacial score (nSPS) is 10.9. The van der Waals surface area contributed by atoms with Crippen molar-refractivity contribution in [3.63, 3.8) is 0 Å². The second kappa shape index (κ2) is 7.89. The molecule has 0 radical (unpaired) electrons. The number of carbonyl (C=O) groups is 1. The highest BCUT2D eigenvalue weighted by Gasteiger charge is 2.19. The summed E-state index contributed by atoms with van der Waals surface area (Å²) in [5, 5.41) is 8.32. The summed E-state index contributed by atoms with van der Waals surface area (Å²) in [6, 6.07) is 12.3. The van der Waals surface area contributed by atoms with Gasteiger partial charge in [0.25, 0.3) is 5.89 Å². The zero-order valence-electron chi connectivity index (χ0n) is 15.2. The Kier molecular flexibility index (Phi) is 5.14. The molecule has 0 unspecified atom stereocenters. The van der Waals surface area contributed by atoms with E-state index in [-0.39, 0.29) is 23.8 Å². The van der Waals surface area contributed by atoms with Crippen molar-refractivity contribution in [3.8, 4) is 28.9 Å². The van der Waals surface area contributed by atoms with Gasteiger partial charge in [-0.2, -0.15) is 0 Å². The van der Waals surface area contributed by atoms with Gasteiger partial charge in [0.15, 0.2) is 11.5 Å². The molecular weight excluding hydrogens is 399 g/mol. The number of benzene rings is 2. The number of halogens is 2. The fourth-order valence-electron chi connectivity index (χ4n) is 2.87. The molecule has 0 spiro atoms. The second-order valence-corrected chi connectivity index (χ2v) is 6.58. The second-order valence-electron chi connectivity index (χ2n) is 6.14. The molecule has 0 N–H and O–H groups in total. The Morgan fingerprint density at radius 2 is 1.97 bits per heavy atom. The Morgan fingerprint density at radius 1 is 1.14 bits per heavy atom. The summed E-state index contributed by atoms with van der Waals surface area (Å²) in [6.45, 7) is 0. The van der Waals surface area contributed by atoms with E-state index in [9.17, 15) is 9.18 Å². The maximum atomic E-state index is 14.4. The Bertz CT molecular complexity index is 1170. The number of ketones is 1. The summed E-state index contributed by atoms with van der Waals surface area (Å²) in [6.07, 6.45) is 1.41. The highest BCUT2D eigenvalue weighted by Crippen LogP contribution is 2.28. The van der Waals surface area contributed by atoms with E-state index < -0.39 is 11.6 Å². The lowest BCUT2D eigenvalue weighted by Gasteiger charge is -2.09. The number of furan rings is 1. The van der Waals surface area contributed by atoms with E-state index in [0.717, 1.165) is 0 Å². The minimum atomic E-state index is -0.648. The minimum absolute atomic E-state index is 0.0778. The van der Waals surface area contributed by atoms with Crippen LogP contribution in [0.15, 0.2) is 63.6 Å². The molecule has 2 heterocycles. The molecule has 0 saturated heterocycles. The third kappa shape index (κ3) is 3.90. The topological polar surface area (TPSA) is 78.4 Å². The molecule has 0 saturated carbocycles. The minimum Gasteiger partial charge on any atom is -0.496 e. The fourth-order valence-corrected chi connectivity index (χ4v) is 3.06. The van der Waals surface area contributed by atoms with Crippen LogP contribution in [0.1, 0.15) is 15.9 Å². The lowest BCUT2D eigenvalue weighted by molar-refractivity contribution is 0.0988. The number of methoxy groups -OCH3 is 1. The average molecular weight is 413 g/mol. The first-order valence-corrected chi connectivity index (χ1v) is 8.96. The van der Waals surface area contributed by atoms with Gasteiger partial charge in [-0.3, -0.25) is 4.79 Å². The summed E-state index contributed by atoms with van der Waals surface area (Å²) in [5.74, 6) is 0.160. The molecule has 0 fully saturated rings. The van der Waals surface area contributed by atoms with Gasteiger partial charge in [-0.25, -0.2) is 4.39 Å². The number of carbonyl (C=O) groups excluding carboxylic acids is 1. The molecule has 0 aliphatic carbocycles. The van der Waals surface area contributed by atoms with Crippen LogP contribution >= 0.6 is 11.6 Å². The van der Waals surface area contributed by atoms with Crippen molar-refractivity contribution < 1.29 is 22.8 Å². The van der Waals surface area contributed by atoms with E-state index >= 15 is 0 Å². The van der Waals surface area contributed by atoms with Crippen molar-refractivity contribution in [2.24, 2.45) is 0 Å². The monoisotopic (exact) mass is 412 g/mol. The van der Waals surface area contributed by atoms with Gasteiger partial charge in [-0.15, -0.1) is 10.2 Å². The quantitative estimate of drug-likeness (QED) is 0.404. The number of hydrogen-bond acceptors (Lipinski definition) is 6. The van der Waals surface area contributed by atoms with Gasteiger partial charge in [0.2, 0.25) is 5.89 Å². The van der Waals surface area contributed by atoms with Crippen LogP contribution in [0.3, 0.4) is 0 Å². The Morgan fingerprint density at radius 3 is 2.72 bits per heavy atom. The van der Waals surface area contributed by atoms with Crippen LogP contribution in [0.4, 0.5) is 4.39 Å². The van der Waals surface area contributed by atoms with Gasteiger partial charge in [-0.1, -0.05) is 11.6 Å². The zero-order valence-corrected chi connectivity index (χ0v) is 15.9. The van der Waals surface area contributed by atoms with Gasteiger partial charge < -0.3 is 13.6 Å². The largest absolute Gasteiger partial charge is 0.496 e. The van der Waals surface area contributed by atoms with Crippen molar-refractivity contribution in [1.82, 2.24) is 10.2 Å². The molecule has 4 aromatic rings. The number of rotatable bonds is 6. The van der Waals surface area contributed by atoms with E-state index in [4.69, 9.17) is 25.2 Å². The molecule has 2 aromatic heterocycles. The van der Waals surface area contributed by atoms with Gasteiger partial charge in [0, 0.05) is 22.6 Å². The van der Waals surface area contributed by atoms with E-state index in [2.05, 4.69) is 10.2 Å². The van der Waals surface area contributed by atoms with Crippen LogP contribution in [0, 0.1) is 5.82 Å². The Hall–Kier alpha value is -3.45. The molecule has 0 aliphatic rings. The third-order valence-electron chi connectivity index (χ3n) is 4.26. The van der Waals surface area contributed by atoms with Crippen LogP contribution in [0.2, 0.25) is 5.02 Å². The lowest BCUT2D eigenvalue weighted by atomic mass is 10.00. The molecule has 0 aliphatic heterocycles. The number of nitrogens with zero attached hydrogens (tertiary/aromatic N) is 2. The lowest BCUT2D eigenvalue weighted by Crippen LogP contribution is -2.07. The molecule has 0 atom stereocenters. The molecule has 29 heavy (non-hydrogen) atoms. The van der Waals surface area contributed by atoms with Crippen molar-refractivity contribution in [1.29, 1.82) is 0 Å². The zero-order chi connectivity index (χ0) is 20.4. The number of aromatic nitrogens is 2. The van der Waals surface area contributed by atoms with Crippen molar-refractivity contribution >= 4 is 17.4 Å². The number of hydrogen-bond donors (Lipinski definition) is 0. The first kappa shape index (κ1) is 18.9. The van der Waals surface area contributed by atoms with Crippen molar-refractivity contribution in [2.45, 2.75) is 6.42 Å². The van der Waals surface area contributed by atoms with Crippen LogP contribution in [-0.2, 0) is 6.42 Å². The maximum Gasteiger partial charge on any atom is 0.283 e. The smallest absolute Gasteiger partial charge is 0.283 e. The standard InChI is InChI=1S/C21H14ClFN2O4/c1-27-18-7-5-14(22)9-13(18)11-17(26)15-10-12(4-6-16(15)23)20-24-25-21(29-20)19-3-2-8-28-19/h2-10H,11H2,1H3. The molecule has 6 nitrogen and oxygen atoms in total. The average Bonchev–Trinajstić information content (AvgIpc) is 3.40. The SMILES string of the molecule is COc1ccc(Cl)cc1CC(=O)c1cc(-c2nnc(-c3ccco3)o2)ccc1F. The van der Waals surface area contributed by atoms with Gasteiger partial charge in [0.05, 0.1) is 18.9 Å². The molecule has 0 amide bonds. The molecular formula is C21H14ClFN2O4. The molecule has 146 valence electrons. The summed E-state index contributed by atoms with van der Waals surface area (Å²) in [7, 11) is 1.49. The van der Waals surface area contributed by atoms with Crippen LogP contribution in [-0.4, -0.2) is 23.1 Å². The first-order valence-electron chi connectivity index (χ1n) is 8.58. The summed E-state index contributed by atoms with van der Waals surface area (Å²) in [4.78, 5) is 12.8. The third-order valence-corrected chi connectivity index (χ3v) is 4.50. The molecule has 4 rings (SSSR count). The molecule has 8 heteroatoms. The Labute approximate surface area is 169 Å². The van der Waals surface area contributed by atoms with E-state index in [0.29, 0.717) is 27.7 Å². The Balaban J connectivity index is 1.64. The number of ether oxygens (including phenoxy) is 1. The van der Waals surface area contributed by atoms with Crippen LogP contribution < -0.4 is 4.74 Å². The first-order chi connectivity index (χ1) is 14.0. The van der Waals surface area contributed by atoms with Gasteiger partial charge in [0.1, 0.15) is 11.6 Å². The predicted molar refractivity (Wildman–Crippen MR) is 103 cm³/mol. The summed E-state index contributed by atoms with van der Waals surface area (Å²) >= 11 is 6.01. The predicted octanol–water partition coefficient (Wildman–Crippen LogP) is 5.22. The highest BCUT2D eigenvalue weighted by molar-refractivity contribution is 6.30. The van der Waals surface area contributed by atoms with Crippen molar-refractivity contribution in [2.75, 3.05) is 7.11 Å². The van der Waals surface area contributed by atoms with Gasteiger partial charge >= 0.3 is 0 Å². The number of Topliss-reactive ketones (excluding diaryl/α,β-unsaturated/α-hetero) is 1. The van der Waals surface area contributed by atoms with Crippen LogP contribution in [0.5, 0.6) is 5.75 Å². The fraction of sp³-hybridized carbons (Fsp3) is 0.0952. The molecule has 2 aromatic carbocycles. The summed E-state index contributed by atoms with van der Waals surface area (Å²) < 4.78 is 30.4. The van der Waals surface area contributed by atoms with E-state index in [1.165, 1.54) is 31.6 Å². The summed E-state index contributed by atoms with van der Waals surface area (Å²) in [5.41, 5.74) is 0.882. The highest BCUT2D eigenvalue weighted by atomic mass is 35.5. The van der Waals surface area contributed by atoms with Gasteiger partial charge in [-0.05, 0) is 48.5 Å². The van der Waals surface area contributed by atoms with Crippen LogP contribution in [0.25, 0.3) is 23.1 Å². The maximum absolute atomic E-state index is 14.4.